The fraction of sp³-hybridized carbons (Fsp3) is 0.500. The number of hydrogen-bond donors (Lipinski definition) is 1. The van der Waals surface area contributed by atoms with Crippen molar-refractivity contribution >= 4 is 17.7 Å². The van der Waals surface area contributed by atoms with Gasteiger partial charge in [-0.05, 0) is 17.9 Å². The van der Waals surface area contributed by atoms with Gasteiger partial charge < -0.3 is 10.2 Å². The summed E-state index contributed by atoms with van der Waals surface area (Å²) in [5.74, 6) is 1.02. The molecule has 1 aromatic rings. The lowest BCUT2D eigenvalue weighted by Gasteiger charge is -2.27. The quantitative estimate of drug-likeness (QED) is 0.821. The van der Waals surface area contributed by atoms with Gasteiger partial charge in [0.25, 0.3) is 5.91 Å². The van der Waals surface area contributed by atoms with Gasteiger partial charge in [0.1, 0.15) is 5.69 Å². The number of carbonyl (C=O) groups is 1. The fourth-order valence-corrected chi connectivity index (χ4v) is 2.43. The summed E-state index contributed by atoms with van der Waals surface area (Å²) in [6.07, 6.45) is 0. The highest BCUT2D eigenvalue weighted by molar-refractivity contribution is 7.99. The first-order chi connectivity index (χ1) is 8.31. The second kappa shape index (κ2) is 6.02. The summed E-state index contributed by atoms with van der Waals surface area (Å²) in [6, 6.07) is 5.65. The van der Waals surface area contributed by atoms with E-state index in [0.29, 0.717) is 5.69 Å². The SMILES string of the molecule is CCSc1cccc(C(=O)N2CCNCC2)n1. The van der Waals surface area contributed by atoms with Crippen molar-refractivity contribution in [2.45, 2.75) is 11.9 Å². The highest BCUT2D eigenvalue weighted by atomic mass is 32.2. The van der Waals surface area contributed by atoms with Gasteiger partial charge >= 0.3 is 0 Å². The first-order valence-corrected chi connectivity index (χ1v) is 6.89. The summed E-state index contributed by atoms with van der Waals surface area (Å²) in [6.45, 7) is 5.36. The van der Waals surface area contributed by atoms with Crippen LogP contribution in [0.15, 0.2) is 23.2 Å². The molecule has 0 bridgehead atoms. The predicted octanol–water partition coefficient (Wildman–Crippen LogP) is 1.24. The molecule has 1 amide bonds. The first kappa shape index (κ1) is 12.4. The van der Waals surface area contributed by atoms with Gasteiger partial charge in [0, 0.05) is 26.2 Å². The molecule has 5 heteroatoms. The van der Waals surface area contributed by atoms with Crippen molar-refractivity contribution in [2.75, 3.05) is 31.9 Å². The van der Waals surface area contributed by atoms with E-state index in [2.05, 4.69) is 17.2 Å². The standard InChI is InChI=1S/C12H17N3OS/c1-2-17-11-5-3-4-10(14-11)12(16)15-8-6-13-7-9-15/h3-5,13H,2,6-9H2,1H3. The van der Waals surface area contributed by atoms with E-state index < -0.39 is 0 Å². The summed E-state index contributed by atoms with van der Waals surface area (Å²) >= 11 is 1.66. The molecule has 1 saturated heterocycles. The van der Waals surface area contributed by atoms with Crippen LogP contribution in [0.25, 0.3) is 0 Å². The maximum atomic E-state index is 12.2. The molecular weight excluding hydrogens is 234 g/mol. The minimum absolute atomic E-state index is 0.0463. The lowest BCUT2D eigenvalue weighted by Crippen LogP contribution is -2.46. The Morgan fingerprint density at radius 2 is 2.24 bits per heavy atom. The monoisotopic (exact) mass is 251 g/mol. The zero-order valence-electron chi connectivity index (χ0n) is 9.98. The van der Waals surface area contributed by atoms with Crippen LogP contribution in [0, 0.1) is 0 Å². The summed E-state index contributed by atoms with van der Waals surface area (Å²) < 4.78 is 0. The molecule has 0 unspecified atom stereocenters. The first-order valence-electron chi connectivity index (χ1n) is 5.91. The number of nitrogens with zero attached hydrogens (tertiary/aromatic N) is 2. The van der Waals surface area contributed by atoms with Crippen molar-refractivity contribution in [3.05, 3.63) is 23.9 Å². The molecule has 0 aliphatic carbocycles. The minimum atomic E-state index is 0.0463. The predicted molar refractivity (Wildman–Crippen MR) is 69.4 cm³/mol. The van der Waals surface area contributed by atoms with Crippen LogP contribution in [0.1, 0.15) is 17.4 Å². The number of aromatic nitrogens is 1. The molecule has 0 saturated carbocycles. The molecule has 0 atom stereocenters. The lowest BCUT2D eigenvalue weighted by atomic mass is 10.3. The lowest BCUT2D eigenvalue weighted by molar-refractivity contribution is 0.0729. The van der Waals surface area contributed by atoms with Crippen LogP contribution in [0.4, 0.5) is 0 Å². The van der Waals surface area contributed by atoms with Gasteiger partial charge in [0.05, 0.1) is 5.03 Å². The Hall–Kier alpha value is -1.07. The van der Waals surface area contributed by atoms with Gasteiger partial charge in [-0.1, -0.05) is 13.0 Å². The average Bonchev–Trinajstić information content (AvgIpc) is 2.40. The summed E-state index contributed by atoms with van der Waals surface area (Å²) in [7, 11) is 0. The molecule has 0 spiro atoms. The van der Waals surface area contributed by atoms with E-state index in [1.54, 1.807) is 17.8 Å². The molecule has 0 aromatic carbocycles. The van der Waals surface area contributed by atoms with Crippen molar-refractivity contribution in [3.63, 3.8) is 0 Å². The van der Waals surface area contributed by atoms with Crippen LogP contribution in [0.2, 0.25) is 0 Å². The molecular formula is C12H17N3OS. The number of carbonyl (C=O) groups excluding carboxylic acids is 1. The molecule has 1 aromatic heterocycles. The molecule has 4 nitrogen and oxygen atoms in total. The van der Waals surface area contributed by atoms with Gasteiger partial charge in [0.2, 0.25) is 0 Å². The third-order valence-electron chi connectivity index (χ3n) is 2.64. The van der Waals surface area contributed by atoms with E-state index in [1.165, 1.54) is 0 Å². The zero-order chi connectivity index (χ0) is 12.1. The van der Waals surface area contributed by atoms with Crippen molar-refractivity contribution in [2.24, 2.45) is 0 Å². The number of rotatable bonds is 3. The van der Waals surface area contributed by atoms with Gasteiger partial charge in [-0.3, -0.25) is 4.79 Å². The Bertz CT molecular complexity index is 391. The van der Waals surface area contributed by atoms with Gasteiger partial charge in [-0.15, -0.1) is 11.8 Å². The van der Waals surface area contributed by atoms with E-state index in [0.717, 1.165) is 37.0 Å². The number of nitrogens with one attached hydrogen (secondary N) is 1. The molecule has 1 N–H and O–H groups in total. The minimum Gasteiger partial charge on any atom is -0.335 e. The van der Waals surface area contributed by atoms with Gasteiger partial charge in [-0.25, -0.2) is 4.98 Å². The Morgan fingerprint density at radius 1 is 1.47 bits per heavy atom. The number of pyridine rings is 1. The molecule has 1 aliphatic rings. The fourth-order valence-electron chi connectivity index (χ4n) is 1.79. The van der Waals surface area contributed by atoms with E-state index >= 15 is 0 Å². The van der Waals surface area contributed by atoms with Gasteiger partial charge in [-0.2, -0.15) is 0 Å². The third-order valence-corrected chi connectivity index (χ3v) is 3.45. The summed E-state index contributed by atoms with van der Waals surface area (Å²) in [5.41, 5.74) is 0.561. The Balaban J connectivity index is 2.09. The maximum absolute atomic E-state index is 12.2. The Morgan fingerprint density at radius 3 is 2.94 bits per heavy atom. The molecule has 0 radical (unpaired) electrons. The molecule has 17 heavy (non-hydrogen) atoms. The molecule has 2 rings (SSSR count). The van der Waals surface area contributed by atoms with Crippen molar-refractivity contribution in [3.8, 4) is 0 Å². The Kier molecular flexibility index (Phi) is 4.39. The smallest absolute Gasteiger partial charge is 0.272 e. The molecule has 1 fully saturated rings. The largest absolute Gasteiger partial charge is 0.335 e. The number of thioether (sulfide) groups is 1. The van der Waals surface area contributed by atoms with Crippen LogP contribution in [-0.2, 0) is 0 Å². The number of piperazine rings is 1. The number of hydrogen-bond acceptors (Lipinski definition) is 4. The molecule has 2 heterocycles. The molecule has 92 valence electrons. The van der Waals surface area contributed by atoms with Crippen molar-refractivity contribution < 1.29 is 4.79 Å². The number of amides is 1. The zero-order valence-corrected chi connectivity index (χ0v) is 10.8. The average molecular weight is 251 g/mol. The molecule has 1 aliphatic heterocycles. The summed E-state index contributed by atoms with van der Waals surface area (Å²) in [5, 5.41) is 4.16. The Labute approximate surface area is 106 Å². The van der Waals surface area contributed by atoms with Crippen LogP contribution in [-0.4, -0.2) is 47.7 Å². The van der Waals surface area contributed by atoms with Gasteiger partial charge in [0.15, 0.2) is 0 Å². The van der Waals surface area contributed by atoms with E-state index in [-0.39, 0.29) is 5.91 Å². The van der Waals surface area contributed by atoms with Crippen molar-refractivity contribution in [1.82, 2.24) is 15.2 Å². The highest BCUT2D eigenvalue weighted by Crippen LogP contribution is 2.15. The second-order valence-corrected chi connectivity index (χ2v) is 5.12. The topological polar surface area (TPSA) is 45.2 Å². The van der Waals surface area contributed by atoms with Crippen LogP contribution in [0.3, 0.4) is 0 Å². The van der Waals surface area contributed by atoms with E-state index in [1.807, 2.05) is 17.0 Å². The van der Waals surface area contributed by atoms with Crippen molar-refractivity contribution in [1.29, 1.82) is 0 Å². The van der Waals surface area contributed by atoms with Crippen LogP contribution >= 0.6 is 11.8 Å². The van der Waals surface area contributed by atoms with Crippen LogP contribution in [0.5, 0.6) is 0 Å². The van der Waals surface area contributed by atoms with E-state index in [4.69, 9.17) is 0 Å². The highest BCUT2D eigenvalue weighted by Gasteiger charge is 2.18. The summed E-state index contributed by atoms with van der Waals surface area (Å²) in [4.78, 5) is 18.4. The normalized spacial score (nSPS) is 15.9. The maximum Gasteiger partial charge on any atom is 0.272 e. The second-order valence-electron chi connectivity index (χ2n) is 3.84. The van der Waals surface area contributed by atoms with Crippen LogP contribution < -0.4 is 5.32 Å². The third kappa shape index (κ3) is 3.20. The van der Waals surface area contributed by atoms with E-state index in [9.17, 15) is 4.79 Å².